The van der Waals surface area contributed by atoms with Gasteiger partial charge in [-0.15, -0.1) is 0 Å². The van der Waals surface area contributed by atoms with Crippen LogP contribution in [0, 0.1) is 6.92 Å². The first-order chi connectivity index (χ1) is 12.2. The molecule has 0 bridgehead atoms. The first-order valence-electron chi connectivity index (χ1n) is 8.82. The molecule has 0 N–H and O–H groups in total. The average Bonchev–Trinajstić information content (AvgIpc) is 2.66. The predicted molar refractivity (Wildman–Crippen MR) is 105 cm³/mol. The molecule has 128 valence electrons. The topological polar surface area (TPSA) is 12.5 Å². The second-order valence-electron chi connectivity index (χ2n) is 6.27. The normalized spacial score (nSPS) is 10.5. The van der Waals surface area contributed by atoms with E-state index in [2.05, 4.69) is 67.3 Å². The standard InChI is InChI=1S/C23H25NO/c1-3-24(22-9-7-8-19(2)16-22)17-20-12-14-21(15-13-20)18-25-23-10-5-4-6-11-23/h4-16H,3,17-18H2,1-2H3. The highest BCUT2D eigenvalue weighted by Crippen LogP contribution is 2.19. The first kappa shape index (κ1) is 17.1. The minimum Gasteiger partial charge on any atom is -0.489 e. The fourth-order valence-electron chi connectivity index (χ4n) is 2.86. The SMILES string of the molecule is CCN(Cc1ccc(COc2ccccc2)cc1)c1cccc(C)c1. The molecule has 0 aliphatic heterocycles. The molecule has 0 aromatic heterocycles. The van der Waals surface area contributed by atoms with Gasteiger partial charge in [-0.3, -0.25) is 0 Å². The molecule has 0 saturated carbocycles. The Balaban J connectivity index is 1.61. The molecule has 2 nitrogen and oxygen atoms in total. The summed E-state index contributed by atoms with van der Waals surface area (Å²) in [6, 6.07) is 27.3. The molecule has 0 radical (unpaired) electrons. The molecule has 0 atom stereocenters. The lowest BCUT2D eigenvalue weighted by atomic mass is 10.1. The van der Waals surface area contributed by atoms with Crippen molar-refractivity contribution in [2.45, 2.75) is 27.0 Å². The summed E-state index contributed by atoms with van der Waals surface area (Å²) in [5.41, 5.74) is 5.07. The van der Waals surface area contributed by atoms with Gasteiger partial charge in [0.2, 0.25) is 0 Å². The molecule has 0 spiro atoms. The third-order valence-electron chi connectivity index (χ3n) is 4.29. The Morgan fingerprint density at radius 1 is 0.800 bits per heavy atom. The minimum atomic E-state index is 0.597. The van der Waals surface area contributed by atoms with Gasteiger partial charge in [0.1, 0.15) is 12.4 Å². The van der Waals surface area contributed by atoms with Crippen LogP contribution in [0.25, 0.3) is 0 Å². The molecule has 0 aliphatic carbocycles. The van der Waals surface area contributed by atoms with E-state index in [-0.39, 0.29) is 0 Å². The van der Waals surface area contributed by atoms with Gasteiger partial charge in [0.15, 0.2) is 0 Å². The van der Waals surface area contributed by atoms with Crippen molar-refractivity contribution < 1.29 is 4.74 Å². The quantitative estimate of drug-likeness (QED) is 0.559. The molecule has 0 saturated heterocycles. The highest BCUT2D eigenvalue weighted by molar-refractivity contribution is 5.49. The third kappa shape index (κ3) is 4.87. The van der Waals surface area contributed by atoms with Crippen molar-refractivity contribution in [3.05, 3.63) is 95.6 Å². The monoisotopic (exact) mass is 331 g/mol. The Morgan fingerprint density at radius 3 is 2.20 bits per heavy atom. The van der Waals surface area contributed by atoms with E-state index >= 15 is 0 Å². The zero-order valence-electron chi connectivity index (χ0n) is 15.0. The molecular weight excluding hydrogens is 306 g/mol. The lowest BCUT2D eigenvalue weighted by molar-refractivity contribution is 0.306. The molecule has 2 heteroatoms. The van der Waals surface area contributed by atoms with Gasteiger partial charge in [-0.1, -0.05) is 54.6 Å². The summed E-state index contributed by atoms with van der Waals surface area (Å²) in [6.45, 7) is 6.84. The third-order valence-corrected chi connectivity index (χ3v) is 4.29. The van der Waals surface area contributed by atoms with Gasteiger partial charge in [-0.2, -0.15) is 0 Å². The number of ether oxygens (including phenoxy) is 1. The minimum absolute atomic E-state index is 0.597. The predicted octanol–water partition coefficient (Wildman–Crippen LogP) is 5.60. The van der Waals surface area contributed by atoms with E-state index < -0.39 is 0 Å². The Labute approximate surface area is 150 Å². The van der Waals surface area contributed by atoms with Crippen molar-refractivity contribution >= 4 is 5.69 Å². The molecular formula is C23H25NO. The van der Waals surface area contributed by atoms with Crippen LogP contribution < -0.4 is 9.64 Å². The summed E-state index contributed by atoms with van der Waals surface area (Å²) in [7, 11) is 0. The van der Waals surface area contributed by atoms with Crippen LogP contribution in [0.5, 0.6) is 5.75 Å². The highest BCUT2D eigenvalue weighted by Gasteiger charge is 2.06. The number of nitrogens with zero attached hydrogens (tertiary/aromatic N) is 1. The first-order valence-corrected chi connectivity index (χ1v) is 8.82. The number of hydrogen-bond acceptors (Lipinski definition) is 2. The van der Waals surface area contributed by atoms with Crippen LogP contribution in [0.3, 0.4) is 0 Å². The van der Waals surface area contributed by atoms with Crippen LogP contribution in [-0.2, 0) is 13.2 Å². The zero-order chi connectivity index (χ0) is 17.5. The second-order valence-corrected chi connectivity index (χ2v) is 6.27. The summed E-state index contributed by atoms with van der Waals surface area (Å²) < 4.78 is 5.81. The van der Waals surface area contributed by atoms with Gasteiger partial charge in [0, 0.05) is 18.8 Å². The summed E-state index contributed by atoms with van der Waals surface area (Å²) >= 11 is 0. The largest absolute Gasteiger partial charge is 0.489 e. The van der Waals surface area contributed by atoms with E-state index in [9.17, 15) is 0 Å². The van der Waals surface area contributed by atoms with E-state index in [1.807, 2.05) is 30.3 Å². The molecule has 25 heavy (non-hydrogen) atoms. The van der Waals surface area contributed by atoms with Gasteiger partial charge in [0.05, 0.1) is 0 Å². The van der Waals surface area contributed by atoms with Crippen LogP contribution in [0.1, 0.15) is 23.6 Å². The molecule has 0 heterocycles. The van der Waals surface area contributed by atoms with E-state index in [1.54, 1.807) is 0 Å². The van der Waals surface area contributed by atoms with Gasteiger partial charge in [-0.25, -0.2) is 0 Å². The Bertz CT molecular complexity index is 781. The molecule has 0 unspecified atom stereocenters. The maximum Gasteiger partial charge on any atom is 0.119 e. The summed E-state index contributed by atoms with van der Waals surface area (Å²) in [5.74, 6) is 0.906. The van der Waals surface area contributed by atoms with E-state index in [1.165, 1.54) is 22.4 Å². The van der Waals surface area contributed by atoms with Crippen molar-refractivity contribution in [3.63, 3.8) is 0 Å². The van der Waals surface area contributed by atoms with Crippen molar-refractivity contribution in [1.82, 2.24) is 0 Å². The number of anilines is 1. The van der Waals surface area contributed by atoms with Crippen molar-refractivity contribution in [2.24, 2.45) is 0 Å². The average molecular weight is 331 g/mol. The highest BCUT2D eigenvalue weighted by atomic mass is 16.5. The summed E-state index contributed by atoms with van der Waals surface area (Å²) in [6.07, 6.45) is 0. The number of rotatable bonds is 7. The fourth-order valence-corrected chi connectivity index (χ4v) is 2.86. The van der Waals surface area contributed by atoms with Crippen molar-refractivity contribution in [1.29, 1.82) is 0 Å². The number of hydrogen-bond donors (Lipinski definition) is 0. The molecule has 3 aromatic rings. The smallest absolute Gasteiger partial charge is 0.119 e. The van der Waals surface area contributed by atoms with Crippen LogP contribution in [0.15, 0.2) is 78.9 Å². The molecule has 0 fully saturated rings. The maximum atomic E-state index is 5.81. The van der Waals surface area contributed by atoms with Crippen molar-refractivity contribution in [2.75, 3.05) is 11.4 Å². The number of aryl methyl sites for hydroxylation is 1. The maximum absolute atomic E-state index is 5.81. The number of para-hydroxylation sites is 1. The summed E-state index contributed by atoms with van der Waals surface area (Å²) in [4.78, 5) is 2.39. The molecule has 0 amide bonds. The second kappa shape index (κ2) is 8.39. The number of benzene rings is 3. The Hall–Kier alpha value is -2.74. The Morgan fingerprint density at radius 2 is 1.52 bits per heavy atom. The van der Waals surface area contributed by atoms with Crippen LogP contribution in [0.2, 0.25) is 0 Å². The summed E-state index contributed by atoms with van der Waals surface area (Å²) in [5, 5.41) is 0. The van der Waals surface area contributed by atoms with Gasteiger partial charge >= 0.3 is 0 Å². The van der Waals surface area contributed by atoms with Crippen LogP contribution >= 0.6 is 0 Å². The molecule has 3 rings (SSSR count). The van der Waals surface area contributed by atoms with Crippen LogP contribution in [0.4, 0.5) is 5.69 Å². The van der Waals surface area contributed by atoms with Gasteiger partial charge in [0.25, 0.3) is 0 Å². The van der Waals surface area contributed by atoms with E-state index in [0.29, 0.717) is 6.61 Å². The lowest BCUT2D eigenvalue weighted by Gasteiger charge is -2.23. The molecule has 0 aliphatic rings. The van der Waals surface area contributed by atoms with Crippen molar-refractivity contribution in [3.8, 4) is 5.75 Å². The van der Waals surface area contributed by atoms with Gasteiger partial charge in [-0.05, 0) is 54.8 Å². The van der Waals surface area contributed by atoms with E-state index in [0.717, 1.165) is 18.8 Å². The van der Waals surface area contributed by atoms with Gasteiger partial charge < -0.3 is 9.64 Å². The van der Waals surface area contributed by atoms with Crippen LogP contribution in [-0.4, -0.2) is 6.54 Å². The van der Waals surface area contributed by atoms with E-state index in [4.69, 9.17) is 4.74 Å². The Kier molecular flexibility index (Phi) is 5.73. The fraction of sp³-hybridized carbons (Fsp3) is 0.217. The molecule has 3 aromatic carbocycles. The lowest BCUT2D eigenvalue weighted by Crippen LogP contribution is -2.21. The zero-order valence-corrected chi connectivity index (χ0v) is 15.0.